The van der Waals surface area contributed by atoms with E-state index in [1.807, 2.05) is 24.2 Å². The highest BCUT2D eigenvalue weighted by Crippen LogP contribution is 2.29. The summed E-state index contributed by atoms with van der Waals surface area (Å²) in [5, 5.41) is 3.32. The van der Waals surface area contributed by atoms with E-state index in [-0.39, 0.29) is 18.3 Å². The third-order valence-corrected chi connectivity index (χ3v) is 7.09. The number of piperidine rings is 1. The molecule has 3 heterocycles. The van der Waals surface area contributed by atoms with Crippen LogP contribution in [0.25, 0.3) is 11.0 Å². The number of hydrogen-bond donors (Lipinski definition) is 2. The summed E-state index contributed by atoms with van der Waals surface area (Å²) >= 11 is 0. The minimum absolute atomic E-state index is 0.0114. The van der Waals surface area contributed by atoms with Crippen molar-refractivity contribution in [1.82, 2.24) is 24.6 Å². The molecule has 1 amide bonds. The van der Waals surface area contributed by atoms with Gasteiger partial charge in [0, 0.05) is 38.9 Å². The van der Waals surface area contributed by atoms with Crippen molar-refractivity contribution in [3.05, 3.63) is 18.6 Å². The van der Waals surface area contributed by atoms with Crippen molar-refractivity contribution in [1.29, 1.82) is 0 Å². The number of likely N-dealkylation sites (N-methyl/N-ethyl adjacent to an activating group) is 1. The molecule has 1 aliphatic heterocycles. The Morgan fingerprint density at radius 1 is 1.46 bits per heavy atom. The molecule has 28 heavy (non-hydrogen) atoms. The van der Waals surface area contributed by atoms with Crippen LogP contribution < -0.4 is 10.2 Å². The summed E-state index contributed by atoms with van der Waals surface area (Å²) in [6, 6.07) is 1.90. The number of nitrogens with one attached hydrogen (secondary N) is 2. The maximum Gasteiger partial charge on any atom is 0.406 e. The minimum atomic E-state index is -3.49. The fourth-order valence-electron chi connectivity index (χ4n) is 3.56. The van der Waals surface area contributed by atoms with E-state index in [0.29, 0.717) is 19.0 Å². The molecule has 1 aliphatic rings. The topological polar surface area (TPSA) is 121 Å². The van der Waals surface area contributed by atoms with E-state index in [1.165, 1.54) is 17.7 Å². The van der Waals surface area contributed by atoms with Gasteiger partial charge in [0.2, 0.25) is 10.0 Å². The predicted molar refractivity (Wildman–Crippen MR) is 106 cm³/mol. The van der Waals surface area contributed by atoms with Gasteiger partial charge in [-0.2, -0.15) is 4.31 Å². The van der Waals surface area contributed by atoms with Crippen LogP contribution in [-0.4, -0.2) is 79.4 Å². The minimum Gasteiger partial charge on any atom is -0.453 e. The number of sulfonamides is 1. The summed E-state index contributed by atoms with van der Waals surface area (Å²) in [5.41, 5.74) is 0.749. The molecule has 0 unspecified atom stereocenters. The van der Waals surface area contributed by atoms with Crippen molar-refractivity contribution in [2.75, 3.05) is 44.4 Å². The van der Waals surface area contributed by atoms with Gasteiger partial charge in [0.1, 0.15) is 17.8 Å². The Hall–Kier alpha value is -2.40. The van der Waals surface area contributed by atoms with Gasteiger partial charge in [0.25, 0.3) is 0 Å². The number of nitrogens with zero attached hydrogens (tertiary/aromatic N) is 4. The lowest BCUT2D eigenvalue weighted by molar-refractivity contribution is 0.171. The molecule has 0 saturated carbocycles. The van der Waals surface area contributed by atoms with E-state index in [9.17, 15) is 13.2 Å². The molecule has 2 N–H and O–H groups in total. The van der Waals surface area contributed by atoms with Crippen LogP contribution in [0.3, 0.4) is 0 Å². The first-order valence-corrected chi connectivity index (χ1v) is 10.7. The number of methoxy groups -OCH3 is 1. The molecule has 0 bridgehead atoms. The summed E-state index contributed by atoms with van der Waals surface area (Å²) in [6.07, 6.45) is 3.43. The average molecular weight is 411 g/mol. The average Bonchev–Trinajstić information content (AvgIpc) is 3.16. The first-order chi connectivity index (χ1) is 13.3. The molecular weight excluding hydrogens is 384 g/mol. The molecule has 10 nitrogen and oxygen atoms in total. The molecule has 1 saturated heterocycles. The van der Waals surface area contributed by atoms with Crippen LogP contribution in [0.5, 0.6) is 0 Å². The largest absolute Gasteiger partial charge is 0.453 e. The van der Waals surface area contributed by atoms with Crippen LogP contribution in [0.2, 0.25) is 0 Å². The SMILES string of the molecule is COC(=O)NCCS(=O)(=O)N1CC[C@@H](C)[C@@H](N(C)c2ncnc3[nH]ccc23)C1. The molecule has 154 valence electrons. The standard InChI is InChI=1S/C17H26N6O4S/c1-12-5-8-23(28(25,26)9-7-19-17(24)27-3)10-14(12)22(2)16-13-4-6-18-15(13)20-11-21-16/h4,6,11-12,14H,5,7-10H2,1-3H3,(H,19,24)(H,18,20,21)/t12-,14+/m1/s1. The molecule has 3 rings (SSSR count). The number of rotatable bonds is 6. The molecule has 1 fully saturated rings. The van der Waals surface area contributed by atoms with Gasteiger partial charge in [-0.25, -0.2) is 23.2 Å². The van der Waals surface area contributed by atoms with Crippen molar-refractivity contribution in [2.45, 2.75) is 19.4 Å². The van der Waals surface area contributed by atoms with E-state index >= 15 is 0 Å². The molecule has 2 aromatic heterocycles. The van der Waals surface area contributed by atoms with Crippen LogP contribution in [0.4, 0.5) is 10.6 Å². The fraction of sp³-hybridized carbons (Fsp3) is 0.588. The first kappa shape index (κ1) is 20.3. The molecule has 2 atom stereocenters. The van der Waals surface area contributed by atoms with Gasteiger partial charge in [-0.3, -0.25) is 0 Å². The van der Waals surface area contributed by atoms with Gasteiger partial charge in [-0.1, -0.05) is 6.92 Å². The van der Waals surface area contributed by atoms with Gasteiger partial charge in [-0.05, 0) is 18.4 Å². The Bertz CT molecular complexity index is 931. The molecular formula is C17H26N6O4S. The summed E-state index contributed by atoms with van der Waals surface area (Å²) in [4.78, 5) is 24.9. The number of anilines is 1. The van der Waals surface area contributed by atoms with Crippen LogP contribution in [0.1, 0.15) is 13.3 Å². The molecule has 0 radical (unpaired) electrons. The van der Waals surface area contributed by atoms with Gasteiger partial charge in [0.05, 0.1) is 18.2 Å². The molecule has 2 aromatic rings. The zero-order valence-electron chi connectivity index (χ0n) is 16.3. The number of aromatic nitrogens is 3. The molecule has 0 aromatic carbocycles. The third kappa shape index (κ3) is 4.20. The zero-order valence-corrected chi connectivity index (χ0v) is 17.1. The van der Waals surface area contributed by atoms with E-state index in [4.69, 9.17) is 0 Å². The Labute approximate surface area is 164 Å². The van der Waals surface area contributed by atoms with Crippen LogP contribution >= 0.6 is 0 Å². The Morgan fingerprint density at radius 3 is 3.00 bits per heavy atom. The van der Waals surface area contributed by atoms with Gasteiger partial charge >= 0.3 is 6.09 Å². The second-order valence-electron chi connectivity index (χ2n) is 6.97. The van der Waals surface area contributed by atoms with Crippen molar-refractivity contribution in [2.24, 2.45) is 5.92 Å². The van der Waals surface area contributed by atoms with Gasteiger partial charge in [0.15, 0.2) is 0 Å². The normalized spacial score (nSPS) is 20.8. The number of carbonyl (C=O) groups is 1. The Balaban J connectivity index is 1.73. The number of fused-ring (bicyclic) bond motifs is 1. The highest BCUT2D eigenvalue weighted by molar-refractivity contribution is 7.89. The number of alkyl carbamates (subject to hydrolysis) is 1. The lowest BCUT2D eigenvalue weighted by Crippen LogP contribution is -2.53. The number of amides is 1. The lowest BCUT2D eigenvalue weighted by Gasteiger charge is -2.41. The second-order valence-corrected chi connectivity index (χ2v) is 9.06. The zero-order chi connectivity index (χ0) is 20.3. The highest BCUT2D eigenvalue weighted by atomic mass is 32.2. The van der Waals surface area contributed by atoms with E-state index in [1.54, 1.807) is 0 Å². The molecule has 0 spiro atoms. The van der Waals surface area contributed by atoms with E-state index in [0.717, 1.165) is 23.3 Å². The maximum atomic E-state index is 12.7. The fourth-order valence-corrected chi connectivity index (χ4v) is 4.94. The predicted octanol–water partition coefficient (Wildman–Crippen LogP) is 0.790. The van der Waals surface area contributed by atoms with Crippen molar-refractivity contribution >= 4 is 33.0 Å². The Kier molecular flexibility index (Phi) is 6.04. The smallest absolute Gasteiger partial charge is 0.406 e. The maximum absolute atomic E-state index is 12.7. The van der Waals surface area contributed by atoms with E-state index in [2.05, 4.69) is 31.9 Å². The van der Waals surface area contributed by atoms with Gasteiger partial charge in [-0.15, -0.1) is 0 Å². The van der Waals surface area contributed by atoms with Crippen molar-refractivity contribution in [3.63, 3.8) is 0 Å². The Morgan fingerprint density at radius 2 is 2.25 bits per heavy atom. The van der Waals surface area contributed by atoms with Crippen molar-refractivity contribution < 1.29 is 17.9 Å². The first-order valence-electron chi connectivity index (χ1n) is 9.14. The number of hydrogen-bond acceptors (Lipinski definition) is 7. The molecule has 11 heteroatoms. The number of aromatic amines is 1. The van der Waals surface area contributed by atoms with Crippen LogP contribution in [0.15, 0.2) is 18.6 Å². The summed E-state index contributed by atoms with van der Waals surface area (Å²) in [7, 11) is -0.317. The van der Waals surface area contributed by atoms with Crippen molar-refractivity contribution in [3.8, 4) is 0 Å². The summed E-state index contributed by atoms with van der Waals surface area (Å²) in [6.45, 7) is 2.97. The lowest BCUT2D eigenvalue weighted by atomic mass is 9.93. The monoisotopic (exact) mass is 410 g/mol. The van der Waals surface area contributed by atoms with Crippen LogP contribution in [0, 0.1) is 5.92 Å². The quantitative estimate of drug-likeness (QED) is 0.722. The summed E-state index contributed by atoms with van der Waals surface area (Å²) in [5.74, 6) is 0.908. The number of carbonyl (C=O) groups excluding carboxylic acids is 1. The summed E-state index contributed by atoms with van der Waals surface area (Å²) < 4.78 is 31.4. The highest BCUT2D eigenvalue weighted by Gasteiger charge is 2.35. The van der Waals surface area contributed by atoms with Gasteiger partial charge < -0.3 is 19.9 Å². The third-order valence-electron chi connectivity index (χ3n) is 5.25. The second kappa shape index (κ2) is 8.31. The molecule has 0 aliphatic carbocycles. The van der Waals surface area contributed by atoms with E-state index < -0.39 is 16.1 Å². The number of H-pyrrole nitrogens is 1. The van der Waals surface area contributed by atoms with Crippen LogP contribution in [-0.2, 0) is 14.8 Å². The number of ether oxygens (including phenoxy) is 1.